The summed E-state index contributed by atoms with van der Waals surface area (Å²) in [6.07, 6.45) is 1.42. The maximum absolute atomic E-state index is 12.0. The van der Waals surface area contributed by atoms with E-state index in [0.717, 1.165) is 11.3 Å². The first kappa shape index (κ1) is 19.5. The topological polar surface area (TPSA) is 43.4 Å². The molecule has 0 atom stereocenters. The lowest BCUT2D eigenvalue weighted by molar-refractivity contribution is 0.483. The van der Waals surface area contributed by atoms with E-state index in [0.29, 0.717) is 12.2 Å². The second-order valence-corrected chi connectivity index (χ2v) is 9.82. The third-order valence-corrected chi connectivity index (χ3v) is 7.45. The van der Waals surface area contributed by atoms with Gasteiger partial charge in [-0.3, -0.25) is 0 Å². The molecule has 0 aliphatic carbocycles. The molecule has 0 saturated carbocycles. The molecule has 0 aliphatic rings. The van der Waals surface area contributed by atoms with Gasteiger partial charge in [-0.2, -0.15) is 8.42 Å². The Balaban J connectivity index is 1.88. The normalized spacial score (nSPS) is 11.5. The summed E-state index contributed by atoms with van der Waals surface area (Å²) in [6.45, 7) is 1.96. The molecule has 0 aliphatic heterocycles. The fourth-order valence-electron chi connectivity index (χ4n) is 2.66. The third-order valence-electron chi connectivity index (χ3n) is 3.99. The molecule has 0 N–H and O–H groups in total. The van der Waals surface area contributed by atoms with Crippen molar-refractivity contribution in [3.05, 3.63) is 84.9 Å². The molecule has 0 spiro atoms. The van der Waals surface area contributed by atoms with Gasteiger partial charge in [-0.05, 0) is 55.0 Å². The lowest BCUT2D eigenvalue weighted by Crippen LogP contribution is -2.13. The molecule has 3 rings (SSSR count). The van der Waals surface area contributed by atoms with E-state index < -0.39 is 10.1 Å². The molecular weight excluding hydrogens is 376 g/mol. The van der Waals surface area contributed by atoms with E-state index in [4.69, 9.17) is 4.18 Å². The molecule has 0 saturated heterocycles. The van der Waals surface area contributed by atoms with Crippen LogP contribution in [-0.4, -0.2) is 14.2 Å². The van der Waals surface area contributed by atoms with Gasteiger partial charge in [-0.15, -0.1) is 0 Å². The number of rotatable bonds is 8. The van der Waals surface area contributed by atoms with Crippen molar-refractivity contribution in [2.24, 2.45) is 0 Å². The zero-order valence-corrected chi connectivity index (χ0v) is 16.9. The van der Waals surface area contributed by atoms with Crippen LogP contribution in [-0.2, 0) is 21.0 Å². The summed E-state index contributed by atoms with van der Waals surface area (Å²) in [4.78, 5) is 3.55. The van der Waals surface area contributed by atoms with Crippen LogP contribution in [0.2, 0.25) is 0 Å². The third kappa shape index (κ3) is 5.37. The summed E-state index contributed by atoms with van der Waals surface area (Å²) in [5, 5.41) is 0. The lowest BCUT2D eigenvalue weighted by atomic mass is 10.3. The molecule has 0 heterocycles. The number of benzene rings is 3. The number of unbranched alkanes of at least 4 members (excludes halogenated alkanes) is 1. The highest BCUT2D eigenvalue weighted by Crippen LogP contribution is 2.32. The molecule has 5 heteroatoms. The minimum Gasteiger partial charge on any atom is -0.382 e. The first-order chi connectivity index (χ1) is 13.1. The Morgan fingerprint density at radius 2 is 1.22 bits per heavy atom. The van der Waals surface area contributed by atoms with E-state index in [1.807, 2.05) is 55.5 Å². The van der Waals surface area contributed by atoms with E-state index in [2.05, 4.69) is 24.3 Å². The van der Waals surface area contributed by atoms with Crippen molar-refractivity contribution < 1.29 is 12.6 Å². The lowest BCUT2D eigenvalue weighted by Gasteiger charge is -2.09. The summed E-state index contributed by atoms with van der Waals surface area (Å²) in [5.74, 6) is 0.406. The van der Waals surface area contributed by atoms with Gasteiger partial charge in [-0.25, -0.2) is 0 Å². The van der Waals surface area contributed by atoms with Crippen molar-refractivity contribution in [2.45, 2.75) is 34.5 Å². The van der Waals surface area contributed by atoms with Gasteiger partial charge in [0.15, 0.2) is 14.7 Å². The zero-order valence-electron chi connectivity index (χ0n) is 15.2. The van der Waals surface area contributed by atoms with Crippen LogP contribution >= 0.6 is 0 Å². The smallest absolute Gasteiger partial charge is 0.309 e. The zero-order chi connectivity index (χ0) is 19.1. The molecule has 3 aromatic carbocycles. The second-order valence-electron chi connectivity index (χ2n) is 6.10. The first-order valence-electron chi connectivity index (χ1n) is 8.96. The SMILES string of the molecule is CCCCS(=O)(=O)Oc1ccc([S+](c2ccccc2)c2ccccc2)cc1. The Hall–Kier alpha value is -2.24. The van der Waals surface area contributed by atoms with Gasteiger partial charge in [0, 0.05) is 0 Å². The molecule has 3 aromatic rings. The van der Waals surface area contributed by atoms with Crippen LogP contribution in [0.5, 0.6) is 5.75 Å². The highest BCUT2D eigenvalue weighted by Gasteiger charge is 2.28. The van der Waals surface area contributed by atoms with Crippen molar-refractivity contribution in [2.75, 3.05) is 5.75 Å². The van der Waals surface area contributed by atoms with Crippen molar-refractivity contribution in [3.63, 3.8) is 0 Å². The molecule has 27 heavy (non-hydrogen) atoms. The Morgan fingerprint density at radius 1 is 0.741 bits per heavy atom. The molecule has 0 unspecified atom stereocenters. The Labute approximate surface area is 164 Å². The largest absolute Gasteiger partial charge is 0.382 e. The predicted molar refractivity (Wildman–Crippen MR) is 111 cm³/mol. The highest BCUT2D eigenvalue weighted by atomic mass is 32.2. The molecule has 0 amide bonds. The van der Waals surface area contributed by atoms with Crippen LogP contribution in [0, 0.1) is 0 Å². The standard InChI is InChI=1S/C22H23O3S2/c1-2-3-18-27(23,24)25-19-14-16-22(17-15-19)26(20-10-6-4-7-11-20)21-12-8-5-9-13-21/h4-17H,2-3,18H2,1H3/q+1. The molecule has 140 valence electrons. The van der Waals surface area contributed by atoms with E-state index >= 15 is 0 Å². The van der Waals surface area contributed by atoms with Gasteiger partial charge in [0.2, 0.25) is 0 Å². The van der Waals surface area contributed by atoms with Crippen LogP contribution in [0.25, 0.3) is 0 Å². The van der Waals surface area contributed by atoms with E-state index in [9.17, 15) is 8.42 Å². The summed E-state index contributed by atoms with van der Waals surface area (Å²) in [5.41, 5.74) is 0. The summed E-state index contributed by atoms with van der Waals surface area (Å²) < 4.78 is 29.2. The minimum atomic E-state index is -3.53. The van der Waals surface area contributed by atoms with Crippen LogP contribution in [0.1, 0.15) is 19.8 Å². The molecule has 0 radical (unpaired) electrons. The van der Waals surface area contributed by atoms with Crippen molar-refractivity contribution in [3.8, 4) is 5.75 Å². The van der Waals surface area contributed by atoms with Crippen LogP contribution in [0.3, 0.4) is 0 Å². The van der Waals surface area contributed by atoms with Gasteiger partial charge in [0.25, 0.3) is 0 Å². The number of hydrogen-bond acceptors (Lipinski definition) is 3. The molecule has 0 aromatic heterocycles. The van der Waals surface area contributed by atoms with Gasteiger partial charge >= 0.3 is 10.1 Å². The maximum Gasteiger partial charge on any atom is 0.309 e. The Bertz CT molecular complexity index is 898. The monoisotopic (exact) mass is 399 g/mol. The van der Waals surface area contributed by atoms with Gasteiger partial charge in [0.05, 0.1) is 16.6 Å². The second kappa shape index (κ2) is 9.11. The van der Waals surface area contributed by atoms with E-state index in [-0.39, 0.29) is 16.6 Å². The molecule has 0 fully saturated rings. The fraction of sp³-hybridized carbons (Fsp3) is 0.182. The highest BCUT2D eigenvalue weighted by molar-refractivity contribution is 7.97. The molecule has 3 nitrogen and oxygen atoms in total. The average molecular weight is 400 g/mol. The average Bonchev–Trinajstić information content (AvgIpc) is 2.69. The summed E-state index contributed by atoms with van der Waals surface area (Å²) in [6, 6.07) is 28.0. The van der Waals surface area contributed by atoms with E-state index in [1.165, 1.54) is 9.79 Å². The first-order valence-corrected chi connectivity index (χ1v) is 11.8. The fourth-order valence-corrected chi connectivity index (χ4v) is 5.88. The van der Waals surface area contributed by atoms with Crippen LogP contribution < -0.4 is 4.18 Å². The Kier molecular flexibility index (Phi) is 6.58. The maximum atomic E-state index is 12.0. The van der Waals surface area contributed by atoms with Crippen LogP contribution in [0.15, 0.2) is 99.6 Å². The van der Waals surface area contributed by atoms with E-state index in [1.54, 1.807) is 12.1 Å². The Morgan fingerprint density at radius 3 is 1.70 bits per heavy atom. The van der Waals surface area contributed by atoms with Crippen molar-refractivity contribution in [1.29, 1.82) is 0 Å². The summed E-state index contributed by atoms with van der Waals surface area (Å²) >= 11 is 0. The van der Waals surface area contributed by atoms with Crippen molar-refractivity contribution in [1.82, 2.24) is 0 Å². The number of hydrogen-bond donors (Lipinski definition) is 0. The predicted octanol–water partition coefficient (Wildman–Crippen LogP) is 5.29. The summed E-state index contributed by atoms with van der Waals surface area (Å²) in [7, 11) is -3.79. The van der Waals surface area contributed by atoms with Gasteiger partial charge < -0.3 is 4.18 Å². The minimum absolute atomic E-state index is 0.0453. The van der Waals surface area contributed by atoms with Gasteiger partial charge in [0.1, 0.15) is 5.75 Å². The molecule has 0 bridgehead atoms. The quantitative estimate of drug-likeness (QED) is 0.382. The van der Waals surface area contributed by atoms with Crippen LogP contribution in [0.4, 0.5) is 0 Å². The van der Waals surface area contributed by atoms with Gasteiger partial charge in [-0.1, -0.05) is 49.7 Å². The molecular formula is C22H23O3S2+. The van der Waals surface area contributed by atoms with Crippen molar-refractivity contribution >= 4 is 21.0 Å².